The number of ether oxygens (including phenoxy) is 1. The number of carbonyl (C=O) groups excluding carboxylic acids is 4. The average Bonchev–Trinajstić information content (AvgIpc) is 2.91. The average molecular weight is 421 g/mol. The number of amides is 4. The summed E-state index contributed by atoms with van der Waals surface area (Å²) in [6, 6.07) is 13.3. The van der Waals surface area contributed by atoms with Gasteiger partial charge in [-0.05, 0) is 55.0 Å². The lowest BCUT2D eigenvalue weighted by atomic mass is 9.84. The molecule has 1 unspecified atom stereocenters. The number of benzene rings is 2. The smallest absolute Gasteiger partial charge is 0.337 e. The molecule has 1 aliphatic heterocycles. The summed E-state index contributed by atoms with van der Waals surface area (Å²) in [6.45, 7) is -0.420. The zero-order valence-corrected chi connectivity index (χ0v) is 17.1. The molecular weight excluding hydrogens is 398 g/mol. The number of nitrogens with zero attached hydrogens (tertiary/aromatic N) is 1. The fourth-order valence-corrected chi connectivity index (χ4v) is 4.30. The molecule has 1 aliphatic carbocycles. The Kier molecular flexibility index (Phi) is 5.46. The maximum absolute atomic E-state index is 13.4. The summed E-state index contributed by atoms with van der Waals surface area (Å²) in [5.74, 6) is -1.48. The van der Waals surface area contributed by atoms with Gasteiger partial charge in [-0.1, -0.05) is 30.3 Å². The van der Waals surface area contributed by atoms with Crippen molar-refractivity contribution >= 4 is 29.5 Å². The van der Waals surface area contributed by atoms with Crippen molar-refractivity contribution in [1.29, 1.82) is 0 Å². The van der Waals surface area contributed by atoms with Gasteiger partial charge in [0.05, 0.1) is 12.7 Å². The summed E-state index contributed by atoms with van der Waals surface area (Å²) < 4.78 is 4.68. The Morgan fingerprint density at radius 3 is 2.74 bits per heavy atom. The third-order valence-electron chi connectivity index (χ3n) is 5.77. The molecule has 31 heavy (non-hydrogen) atoms. The van der Waals surface area contributed by atoms with E-state index in [0.717, 1.165) is 35.3 Å². The molecule has 8 nitrogen and oxygen atoms in total. The van der Waals surface area contributed by atoms with E-state index in [0.29, 0.717) is 12.1 Å². The first kappa shape index (κ1) is 20.6. The van der Waals surface area contributed by atoms with Crippen molar-refractivity contribution in [2.75, 3.05) is 19.0 Å². The summed E-state index contributed by atoms with van der Waals surface area (Å²) in [5.41, 5.74) is 1.37. The highest BCUT2D eigenvalue weighted by Gasteiger charge is 2.53. The van der Waals surface area contributed by atoms with E-state index in [2.05, 4.69) is 15.4 Å². The highest BCUT2D eigenvalue weighted by molar-refractivity contribution is 6.10. The minimum atomic E-state index is -1.13. The SMILES string of the molecule is COC(=O)c1cccc(NC(=O)CN2C(=O)NC3(CCCCc4ccccc43)C2=O)c1. The van der Waals surface area contributed by atoms with Crippen LogP contribution in [0.25, 0.3) is 0 Å². The van der Waals surface area contributed by atoms with Crippen LogP contribution < -0.4 is 10.6 Å². The van der Waals surface area contributed by atoms with Gasteiger partial charge in [-0.25, -0.2) is 9.59 Å². The fraction of sp³-hybridized carbons (Fsp3) is 0.304. The number of methoxy groups -OCH3 is 1. The van der Waals surface area contributed by atoms with Crippen molar-refractivity contribution in [3.8, 4) is 0 Å². The normalized spacial score (nSPS) is 20.1. The summed E-state index contributed by atoms with van der Waals surface area (Å²) in [5, 5.41) is 5.49. The minimum absolute atomic E-state index is 0.282. The molecule has 0 bridgehead atoms. The van der Waals surface area contributed by atoms with E-state index < -0.39 is 35.9 Å². The second-order valence-electron chi connectivity index (χ2n) is 7.71. The van der Waals surface area contributed by atoms with Gasteiger partial charge in [0.15, 0.2) is 0 Å². The van der Waals surface area contributed by atoms with Crippen LogP contribution in [0.4, 0.5) is 10.5 Å². The Morgan fingerprint density at radius 2 is 1.94 bits per heavy atom. The summed E-state index contributed by atoms with van der Waals surface area (Å²) >= 11 is 0. The molecule has 0 saturated carbocycles. The van der Waals surface area contributed by atoms with E-state index in [1.807, 2.05) is 24.3 Å². The number of esters is 1. The first-order valence-electron chi connectivity index (χ1n) is 10.2. The second kappa shape index (κ2) is 8.22. The molecule has 2 N–H and O–H groups in total. The van der Waals surface area contributed by atoms with E-state index in [1.165, 1.54) is 13.2 Å². The van der Waals surface area contributed by atoms with Crippen molar-refractivity contribution in [2.45, 2.75) is 31.2 Å². The zero-order valence-electron chi connectivity index (χ0n) is 17.1. The van der Waals surface area contributed by atoms with E-state index in [4.69, 9.17) is 0 Å². The summed E-state index contributed by atoms with van der Waals surface area (Å²) in [6.07, 6.45) is 3.06. The Bertz CT molecular complexity index is 1070. The number of carbonyl (C=O) groups is 4. The third-order valence-corrected chi connectivity index (χ3v) is 5.77. The number of rotatable bonds is 4. The molecule has 0 radical (unpaired) electrons. The number of hydrogen-bond acceptors (Lipinski definition) is 5. The highest BCUT2D eigenvalue weighted by Crippen LogP contribution is 2.38. The molecule has 2 aliphatic rings. The third kappa shape index (κ3) is 3.76. The van der Waals surface area contributed by atoms with E-state index in [1.54, 1.807) is 18.2 Å². The lowest BCUT2D eigenvalue weighted by Gasteiger charge is -2.27. The van der Waals surface area contributed by atoms with Crippen LogP contribution in [-0.2, 0) is 26.3 Å². The van der Waals surface area contributed by atoms with Gasteiger partial charge in [-0.3, -0.25) is 14.5 Å². The second-order valence-corrected chi connectivity index (χ2v) is 7.71. The molecule has 1 saturated heterocycles. The maximum Gasteiger partial charge on any atom is 0.337 e. The molecule has 1 fully saturated rings. The Morgan fingerprint density at radius 1 is 1.13 bits per heavy atom. The Labute approximate surface area is 179 Å². The number of nitrogens with one attached hydrogen (secondary N) is 2. The molecule has 8 heteroatoms. The number of urea groups is 1. The van der Waals surface area contributed by atoms with Crippen molar-refractivity contribution in [1.82, 2.24) is 10.2 Å². The van der Waals surface area contributed by atoms with Gasteiger partial charge < -0.3 is 15.4 Å². The van der Waals surface area contributed by atoms with Crippen LogP contribution in [0, 0.1) is 0 Å². The topological polar surface area (TPSA) is 105 Å². The van der Waals surface area contributed by atoms with Crippen LogP contribution in [0.3, 0.4) is 0 Å². The molecule has 2 aromatic rings. The van der Waals surface area contributed by atoms with E-state index >= 15 is 0 Å². The minimum Gasteiger partial charge on any atom is -0.465 e. The van der Waals surface area contributed by atoms with Crippen molar-refractivity contribution < 1.29 is 23.9 Å². The molecule has 1 heterocycles. The highest BCUT2D eigenvalue weighted by atomic mass is 16.5. The van der Waals surface area contributed by atoms with Crippen LogP contribution in [0.5, 0.6) is 0 Å². The van der Waals surface area contributed by atoms with Crippen LogP contribution in [0.1, 0.15) is 40.7 Å². The zero-order chi connectivity index (χ0) is 22.0. The number of fused-ring (bicyclic) bond motifs is 2. The summed E-state index contributed by atoms with van der Waals surface area (Å²) in [7, 11) is 1.27. The van der Waals surface area contributed by atoms with Crippen LogP contribution in [0.2, 0.25) is 0 Å². The van der Waals surface area contributed by atoms with Gasteiger partial charge in [0.25, 0.3) is 5.91 Å². The van der Waals surface area contributed by atoms with Crippen LogP contribution >= 0.6 is 0 Å². The lowest BCUT2D eigenvalue weighted by Crippen LogP contribution is -2.44. The van der Waals surface area contributed by atoms with Gasteiger partial charge in [-0.15, -0.1) is 0 Å². The first-order valence-corrected chi connectivity index (χ1v) is 10.2. The fourth-order valence-electron chi connectivity index (χ4n) is 4.30. The Balaban J connectivity index is 1.53. The number of imide groups is 1. The quantitative estimate of drug-likeness (QED) is 0.583. The lowest BCUT2D eigenvalue weighted by molar-refractivity contribution is -0.134. The standard InChI is InChI=1S/C23H23N3O5/c1-31-20(28)16-9-6-10-17(13-16)24-19(27)14-26-21(29)23(25-22(26)30)12-5-4-8-15-7-2-3-11-18(15)23/h2-3,6-7,9-11,13H,4-5,8,12,14H2,1H3,(H,24,27)(H,25,30). The van der Waals surface area contributed by atoms with Crippen molar-refractivity contribution in [2.24, 2.45) is 0 Å². The monoisotopic (exact) mass is 421 g/mol. The van der Waals surface area contributed by atoms with Crippen LogP contribution in [-0.4, -0.2) is 42.4 Å². The number of anilines is 1. The predicted molar refractivity (Wildman–Crippen MR) is 112 cm³/mol. The number of aryl methyl sites for hydroxylation is 1. The van der Waals surface area contributed by atoms with Gasteiger partial charge in [0, 0.05) is 5.69 Å². The van der Waals surface area contributed by atoms with Gasteiger partial charge in [0.1, 0.15) is 12.1 Å². The molecule has 4 rings (SSSR count). The van der Waals surface area contributed by atoms with Gasteiger partial charge >= 0.3 is 12.0 Å². The van der Waals surface area contributed by atoms with Crippen molar-refractivity contribution in [3.05, 3.63) is 65.2 Å². The largest absolute Gasteiger partial charge is 0.465 e. The molecule has 1 atom stereocenters. The first-order chi connectivity index (χ1) is 14.9. The van der Waals surface area contributed by atoms with Gasteiger partial charge in [0.2, 0.25) is 5.91 Å². The van der Waals surface area contributed by atoms with E-state index in [9.17, 15) is 19.2 Å². The number of hydrogen-bond donors (Lipinski definition) is 2. The molecule has 0 aromatic heterocycles. The van der Waals surface area contributed by atoms with Crippen LogP contribution in [0.15, 0.2) is 48.5 Å². The predicted octanol–water partition coefficient (Wildman–Crippen LogP) is 2.59. The molecule has 160 valence electrons. The molecule has 4 amide bonds. The van der Waals surface area contributed by atoms with Gasteiger partial charge in [-0.2, -0.15) is 0 Å². The molecule has 1 spiro atoms. The molecular formula is C23H23N3O5. The van der Waals surface area contributed by atoms with Crippen molar-refractivity contribution in [3.63, 3.8) is 0 Å². The molecule has 2 aromatic carbocycles. The maximum atomic E-state index is 13.4. The Hall–Kier alpha value is -3.68. The summed E-state index contributed by atoms with van der Waals surface area (Å²) in [4.78, 5) is 51.3. The van der Waals surface area contributed by atoms with E-state index in [-0.39, 0.29) is 5.56 Å².